The topological polar surface area (TPSA) is 51.7 Å². The summed E-state index contributed by atoms with van der Waals surface area (Å²) >= 11 is 0. The number of hydrogen-bond acceptors (Lipinski definition) is 4. The number of fused-ring (bicyclic) bond motifs is 1. The molecule has 2 aliphatic rings. The Balaban J connectivity index is 1.62. The fraction of sp³-hybridized carbons (Fsp3) is 0.294. The van der Waals surface area contributed by atoms with Crippen molar-refractivity contribution in [1.82, 2.24) is 9.88 Å². The van der Waals surface area contributed by atoms with E-state index in [1.165, 1.54) is 0 Å². The van der Waals surface area contributed by atoms with E-state index in [0.717, 1.165) is 24.9 Å². The van der Waals surface area contributed by atoms with Gasteiger partial charge in [-0.3, -0.25) is 9.78 Å². The Morgan fingerprint density at radius 1 is 1.14 bits per heavy atom. The molecule has 0 spiro atoms. The first-order chi connectivity index (χ1) is 10.8. The third kappa shape index (κ3) is 2.19. The van der Waals surface area contributed by atoms with Gasteiger partial charge in [0.15, 0.2) is 11.5 Å². The number of benzene rings is 1. The largest absolute Gasteiger partial charge is 0.454 e. The predicted molar refractivity (Wildman–Crippen MR) is 79.8 cm³/mol. The minimum atomic E-state index is 0.0395. The van der Waals surface area contributed by atoms with Crippen LogP contribution in [0.25, 0.3) is 0 Å². The molecule has 0 unspecified atom stereocenters. The molecule has 1 atom stereocenters. The Bertz CT molecular complexity index is 702. The molecule has 4 rings (SSSR count). The molecule has 1 amide bonds. The minimum absolute atomic E-state index is 0.0395. The number of nitrogens with zero attached hydrogens (tertiary/aromatic N) is 2. The number of hydrogen-bond donors (Lipinski definition) is 0. The standard InChI is InChI=1S/C17H16N2O3/c20-17(13-3-4-15-16(10-13)22-11-21-15)19-9-1-2-14(19)12-5-7-18-8-6-12/h3-8,10,14H,1-2,9,11H2/t14-/m1/s1. The van der Waals surface area contributed by atoms with Crippen molar-refractivity contribution < 1.29 is 14.3 Å². The first-order valence-electron chi connectivity index (χ1n) is 7.43. The highest BCUT2D eigenvalue weighted by atomic mass is 16.7. The molecule has 0 saturated carbocycles. The van der Waals surface area contributed by atoms with Crippen molar-refractivity contribution in [2.24, 2.45) is 0 Å². The summed E-state index contributed by atoms with van der Waals surface area (Å²) in [6.07, 6.45) is 5.55. The van der Waals surface area contributed by atoms with E-state index >= 15 is 0 Å². The Kier molecular flexibility index (Phi) is 3.18. The molecule has 2 aliphatic heterocycles. The van der Waals surface area contributed by atoms with Crippen molar-refractivity contribution in [1.29, 1.82) is 0 Å². The molecule has 0 N–H and O–H groups in total. The zero-order valence-corrected chi connectivity index (χ0v) is 12.1. The lowest BCUT2D eigenvalue weighted by Gasteiger charge is -2.25. The highest BCUT2D eigenvalue weighted by molar-refractivity contribution is 5.95. The van der Waals surface area contributed by atoms with Crippen molar-refractivity contribution in [3.8, 4) is 11.5 Å². The summed E-state index contributed by atoms with van der Waals surface area (Å²) in [6, 6.07) is 9.46. The average Bonchev–Trinajstić information content (AvgIpc) is 3.23. The van der Waals surface area contributed by atoms with Gasteiger partial charge in [-0.1, -0.05) is 0 Å². The van der Waals surface area contributed by atoms with Crippen LogP contribution in [-0.4, -0.2) is 29.1 Å². The molecule has 1 saturated heterocycles. The van der Waals surface area contributed by atoms with Gasteiger partial charge in [0.25, 0.3) is 5.91 Å². The van der Waals surface area contributed by atoms with E-state index in [4.69, 9.17) is 9.47 Å². The van der Waals surface area contributed by atoms with Gasteiger partial charge in [-0.25, -0.2) is 0 Å². The van der Waals surface area contributed by atoms with Crippen molar-refractivity contribution in [2.75, 3.05) is 13.3 Å². The summed E-state index contributed by atoms with van der Waals surface area (Å²) in [7, 11) is 0. The van der Waals surface area contributed by atoms with Gasteiger partial charge in [0.2, 0.25) is 6.79 Å². The van der Waals surface area contributed by atoms with E-state index in [1.54, 1.807) is 30.6 Å². The lowest BCUT2D eigenvalue weighted by atomic mass is 10.1. The molecule has 1 aromatic carbocycles. The number of carbonyl (C=O) groups excluding carboxylic acids is 1. The number of ether oxygens (including phenoxy) is 2. The van der Waals surface area contributed by atoms with Crippen LogP contribution in [0, 0.1) is 0 Å². The van der Waals surface area contributed by atoms with E-state index < -0.39 is 0 Å². The summed E-state index contributed by atoms with van der Waals surface area (Å²) < 4.78 is 10.7. The maximum Gasteiger partial charge on any atom is 0.254 e. The highest BCUT2D eigenvalue weighted by Crippen LogP contribution is 2.36. The van der Waals surface area contributed by atoms with Crippen LogP contribution < -0.4 is 9.47 Å². The van der Waals surface area contributed by atoms with Crippen LogP contribution in [0.15, 0.2) is 42.7 Å². The molecule has 2 aromatic rings. The third-order valence-electron chi connectivity index (χ3n) is 4.22. The first-order valence-corrected chi connectivity index (χ1v) is 7.43. The van der Waals surface area contributed by atoms with Gasteiger partial charge in [0, 0.05) is 24.5 Å². The van der Waals surface area contributed by atoms with E-state index in [-0.39, 0.29) is 18.7 Å². The van der Waals surface area contributed by atoms with E-state index in [1.807, 2.05) is 17.0 Å². The number of carbonyl (C=O) groups is 1. The van der Waals surface area contributed by atoms with Gasteiger partial charge in [0.1, 0.15) is 0 Å². The molecule has 0 bridgehead atoms. The molecule has 112 valence electrons. The molecule has 22 heavy (non-hydrogen) atoms. The number of pyridine rings is 1. The molecular weight excluding hydrogens is 280 g/mol. The quantitative estimate of drug-likeness (QED) is 0.855. The lowest BCUT2D eigenvalue weighted by Crippen LogP contribution is -2.30. The predicted octanol–water partition coefficient (Wildman–Crippen LogP) is 2.79. The molecule has 1 fully saturated rings. The first kappa shape index (κ1) is 13.1. The maximum atomic E-state index is 12.8. The zero-order valence-electron chi connectivity index (χ0n) is 12.1. The van der Waals surface area contributed by atoms with Crippen molar-refractivity contribution in [2.45, 2.75) is 18.9 Å². The normalized spacial score (nSPS) is 19.5. The second-order valence-electron chi connectivity index (χ2n) is 5.51. The fourth-order valence-electron chi connectivity index (χ4n) is 3.14. The third-order valence-corrected chi connectivity index (χ3v) is 4.22. The monoisotopic (exact) mass is 296 g/mol. The van der Waals surface area contributed by atoms with Crippen LogP contribution in [0.2, 0.25) is 0 Å². The van der Waals surface area contributed by atoms with E-state index in [0.29, 0.717) is 17.1 Å². The molecule has 0 radical (unpaired) electrons. The molecule has 1 aromatic heterocycles. The van der Waals surface area contributed by atoms with Gasteiger partial charge >= 0.3 is 0 Å². The molecular formula is C17H16N2O3. The van der Waals surface area contributed by atoms with E-state index in [2.05, 4.69) is 4.98 Å². The summed E-state index contributed by atoms with van der Waals surface area (Å²) in [6.45, 7) is 0.997. The number of aromatic nitrogens is 1. The number of rotatable bonds is 2. The minimum Gasteiger partial charge on any atom is -0.454 e. The zero-order chi connectivity index (χ0) is 14.9. The van der Waals surface area contributed by atoms with Crippen LogP contribution >= 0.6 is 0 Å². The van der Waals surface area contributed by atoms with Crippen molar-refractivity contribution >= 4 is 5.91 Å². The van der Waals surface area contributed by atoms with Gasteiger partial charge < -0.3 is 14.4 Å². The average molecular weight is 296 g/mol. The van der Waals surface area contributed by atoms with Gasteiger partial charge in [-0.15, -0.1) is 0 Å². The highest BCUT2D eigenvalue weighted by Gasteiger charge is 2.31. The second kappa shape index (κ2) is 5.33. The maximum absolute atomic E-state index is 12.8. The Morgan fingerprint density at radius 3 is 2.82 bits per heavy atom. The van der Waals surface area contributed by atoms with E-state index in [9.17, 15) is 4.79 Å². The van der Waals surface area contributed by atoms with Gasteiger partial charge in [0.05, 0.1) is 6.04 Å². The smallest absolute Gasteiger partial charge is 0.254 e. The van der Waals surface area contributed by atoms with Crippen LogP contribution in [0.5, 0.6) is 11.5 Å². The summed E-state index contributed by atoms with van der Waals surface area (Å²) in [4.78, 5) is 18.8. The van der Waals surface area contributed by atoms with Gasteiger partial charge in [-0.2, -0.15) is 0 Å². The molecule has 5 nitrogen and oxygen atoms in total. The molecule has 0 aliphatic carbocycles. The summed E-state index contributed by atoms with van der Waals surface area (Å²) in [5.74, 6) is 1.38. The molecule has 5 heteroatoms. The summed E-state index contributed by atoms with van der Waals surface area (Å²) in [5.41, 5.74) is 1.78. The van der Waals surface area contributed by atoms with Gasteiger partial charge in [-0.05, 0) is 48.7 Å². The van der Waals surface area contributed by atoms with Crippen LogP contribution in [0.4, 0.5) is 0 Å². The van der Waals surface area contributed by atoms with Crippen LogP contribution in [0.1, 0.15) is 34.8 Å². The Morgan fingerprint density at radius 2 is 1.95 bits per heavy atom. The number of amides is 1. The second-order valence-corrected chi connectivity index (χ2v) is 5.51. The Labute approximate surface area is 128 Å². The van der Waals surface area contributed by atoms with Crippen LogP contribution in [0.3, 0.4) is 0 Å². The molecule has 3 heterocycles. The summed E-state index contributed by atoms with van der Waals surface area (Å²) in [5, 5.41) is 0. The number of likely N-dealkylation sites (tertiary alicyclic amines) is 1. The van der Waals surface area contributed by atoms with Crippen LogP contribution in [-0.2, 0) is 0 Å². The fourth-order valence-corrected chi connectivity index (χ4v) is 3.14. The SMILES string of the molecule is O=C(c1ccc2c(c1)OCO2)N1CCC[C@@H]1c1ccncc1. The Hall–Kier alpha value is -2.56. The lowest BCUT2D eigenvalue weighted by molar-refractivity contribution is 0.0735. The van der Waals surface area contributed by atoms with Crippen molar-refractivity contribution in [3.05, 3.63) is 53.9 Å². The van der Waals surface area contributed by atoms with Crippen molar-refractivity contribution in [3.63, 3.8) is 0 Å².